The third-order valence-electron chi connectivity index (χ3n) is 1.88. The van der Waals surface area contributed by atoms with E-state index in [1.807, 2.05) is 13.0 Å². The molecule has 0 saturated heterocycles. The van der Waals surface area contributed by atoms with Gasteiger partial charge in [-0.25, -0.2) is 4.99 Å². The lowest BCUT2D eigenvalue weighted by atomic mass is 10.2. The standard InChI is InChI=1S/C11H11NOS/c1-2-13-8-12-10-4-3-9-5-6-14-11(9)7-10/h3-8H,2H2,1H3. The summed E-state index contributed by atoms with van der Waals surface area (Å²) in [5, 5.41) is 3.35. The Labute approximate surface area is 86.9 Å². The summed E-state index contributed by atoms with van der Waals surface area (Å²) in [6.45, 7) is 2.60. The van der Waals surface area contributed by atoms with Crippen LogP contribution in [0, 0.1) is 0 Å². The van der Waals surface area contributed by atoms with Crippen molar-refractivity contribution in [1.29, 1.82) is 0 Å². The van der Waals surface area contributed by atoms with E-state index in [0.717, 1.165) is 5.69 Å². The SMILES string of the molecule is CCOC=Nc1ccc2ccsc2c1. The second kappa shape index (κ2) is 4.24. The number of aliphatic imine (C=N–C) groups is 1. The van der Waals surface area contributed by atoms with E-state index in [1.54, 1.807) is 11.3 Å². The maximum absolute atomic E-state index is 5.04. The number of benzene rings is 1. The average molecular weight is 205 g/mol. The number of thiophene rings is 1. The van der Waals surface area contributed by atoms with Crippen LogP contribution in [0.15, 0.2) is 34.6 Å². The molecule has 0 aliphatic carbocycles. The van der Waals surface area contributed by atoms with Gasteiger partial charge in [0.15, 0.2) is 6.40 Å². The van der Waals surface area contributed by atoms with Gasteiger partial charge in [-0.3, -0.25) is 0 Å². The van der Waals surface area contributed by atoms with Crippen molar-refractivity contribution in [1.82, 2.24) is 0 Å². The maximum atomic E-state index is 5.04. The lowest BCUT2D eigenvalue weighted by Crippen LogP contribution is -1.83. The van der Waals surface area contributed by atoms with Gasteiger partial charge in [-0.2, -0.15) is 0 Å². The van der Waals surface area contributed by atoms with Crippen LogP contribution in [-0.4, -0.2) is 13.0 Å². The second-order valence-electron chi connectivity index (χ2n) is 2.83. The van der Waals surface area contributed by atoms with E-state index in [0.29, 0.717) is 6.61 Å². The molecule has 0 N–H and O–H groups in total. The first-order valence-electron chi connectivity index (χ1n) is 4.51. The van der Waals surface area contributed by atoms with Gasteiger partial charge in [0.25, 0.3) is 0 Å². The van der Waals surface area contributed by atoms with Crippen LogP contribution >= 0.6 is 11.3 Å². The molecule has 0 unspecified atom stereocenters. The van der Waals surface area contributed by atoms with E-state index < -0.39 is 0 Å². The molecule has 0 aliphatic heterocycles. The van der Waals surface area contributed by atoms with Crippen molar-refractivity contribution in [2.24, 2.45) is 4.99 Å². The van der Waals surface area contributed by atoms with Gasteiger partial charge in [0, 0.05) is 4.70 Å². The largest absolute Gasteiger partial charge is 0.483 e. The first-order valence-corrected chi connectivity index (χ1v) is 5.39. The minimum atomic E-state index is 0.657. The molecule has 0 radical (unpaired) electrons. The first kappa shape index (κ1) is 9.21. The van der Waals surface area contributed by atoms with Crippen molar-refractivity contribution >= 4 is 33.5 Å². The molecule has 0 atom stereocenters. The van der Waals surface area contributed by atoms with E-state index in [2.05, 4.69) is 28.6 Å². The molecule has 0 amide bonds. The molecule has 72 valence electrons. The molecule has 2 rings (SSSR count). The highest BCUT2D eigenvalue weighted by Crippen LogP contribution is 2.25. The van der Waals surface area contributed by atoms with Crippen LogP contribution in [0.3, 0.4) is 0 Å². The van der Waals surface area contributed by atoms with Gasteiger partial charge < -0.3 is 4.74 Å². The molecule has 0 bridgehead atoms. The smallest absolute Gasteiger partial charge is 0.174 e. The fourth-order valence-corrected chi connectivity index (χ4v) is 2.02. The van der Waals surface area contributed by atoms with Crippen molar-refractivity contribution in [2.75, 3.05) is 6.61 Å². The molecule has 1 aromatic carbocycles. The fourth-order valence-electron chi connectivity index (χ4n) is 1.20. The highest BCUT2D eigenvalue weighted by Gasteiger charge is 1.95. The quantitative estimate of drug-likeness (QED) is 0.554. The first-order chi connectivity index (χ1) is 6.90. The summed E-state index contributed by atoms with van der Waals surface area (Å²) in [5.41, 5.74) is 0.938. The molecule has 14 heavy (non-hydrogen) atoms. The van der Waals surface area contributed by atoms with Crippen molar-refractivity contribution in [3.63, 3.8) is 0 Å². The molecule has 0 saturated carbocycles. The van der Waals surface area contributed by atoms with Gasteiger partial charge in [0.2, 0.25) is 0 Å². The Bertz CT molecular complexity index is 447. The third-order valence-corrected chi connectivity index (χ3v) is 2.76. The highest BCUT2D eigenvalue weighted by molar-refractivity contribution is 7.17. The molecule has 2 aromatic rings. The Morgan fingerprint density at radius 1 is 1.43 bits per heavy atom. The Morgan fingerprint density at radius 3 is 3.21 bits per heavy atom. The summed E-state index contributed by atoms with van der Waals surface area (Å²) in [4.78, 5) is 4.19. The summed E-state index contributed by atoms with van der Waals surface area (Å²) < 4.78 is 6.30. The molecule has 2 nitrogen and oxygen atoms in total. The lowest BCUT2D eigenvalue weighted by molar-refractivity contribution is 0.344. The summed E-state index contributed by atoms with van der Waals surface area (Å²) in [5.74, 6) is 0. The molecule has 0 aliphatic rings. The van der Waals surface area contributed by atoms with Gasteiger partial charge in [-0.1, -0.05) is 6.07 Å². The fraction of sp³-hybridized carbons (Fsp3) is 0.182. The van der Waals surface area contributed by atoms with Gasteiger partial charge >= 0.3 is 0 Å². The predicted octanol–water partition coefficient (Wildman–Crippen LogP) is 3.60. The second-order valence-corrected chi connectivity index (χ2v) is 3.78. The monoisotopic (exact) mass is 205 g/mol. The Hall–Kier alpha value is -1.35. The Balaban J connectivity index is 2.25. The topological polar surface area (TPSA) is 21.6 Å². The number of nitrogens with zero attached hydrogens (tertiary/aromatic N) is 1. The zero-order valence-electron chi connectivity index (χ0n) is 7.93. The van der Waals surface area contributed by atoms with E-state index in [4.69, 9.17) is 4.74 Å². The molecular formula is C11H11NOS. The Kier molecular flexibility index (Phi) is 2.79. The molecule has 1 heterocycles. The predicted molar refractivity (Wildman–Crippen MR) is 61.6 cm³/mol. The summed E-state index contributed by atoms with van der Waals surface area (Å²) in [6, 6.07) is 8.24. The molecule has 0 spiro atoms. The summed E-state index contributed by atoms with van der Waals surface area (Å²) >= 11 is 1.73. The van der Waals surface area contributed by atoms with E-state index >= 15 is 0 Å². The average Bonchev–Trinajstić information content (AvgIpc) is 2.65. The van der Waals surface area contributed by atoms with Crippen molar-refractivity contribution in [3.05, 3.63) is 29.6 Å². The van der Waals surface area contributed by atoms with Gasteiger partial charge in [0.05, 0.1) is 12.3 Å². The van der Waals surface area contributed by atoms with Crippen LogP contribution in [0.4, 0.5) is 5.69 Å². The van der Waals surface area contributed by atoms with E-state index in [9.17, 15) is 0 Å². The molecule has 0 fully saturated rings. The number of rotatable bonds is 3. The van der Waals surface area contributed by atoms with Crippen LogP contribution in [0.2, 0.25) is 0 Å². The maximum Gasteiger partial charge on any atom is 0.174 e. The van der Waals surface area contributed by atoms with E-state index in [-0.39, 0.29) is 0 Å². The van der Waals surface area contributed by atoms with Crippen LogP contribution in [-0.2, 0) is 4.74 Å². The van der Waals surface area contributed by atoms with Crippen LogP contribution in [0.25, 0.3) is 10.1 Å². The zero-order chi connectivity index (χ0) is 9.80. The van der Waals surface area contributed by atoms with Crippen LogP contribution < -0.4 is 0 Å². The summed E-state index contributed by atoms with van der Waals surface area (Å²) in [7, 11) is 0. The number of hydrogen-bond donors (Lipinski definition) is 0. The lowest BCUT2D eigenvalue weighted by Gasteiger charge is -1.94. The minimum absolute atomic E-state index is 0.657. The van der Waals surface area contributed by atoms with Gasteiger partial charge in [-0.15, -0.1) is 11.3 Å². The molecule has 3 heteroatoms. The third kappa shape index (κ3) is 1.93. The van der Waals surface area contributed by atoms with Crippen molar-refractivity contribution in [2.45, 2.75) is 6.92 Å². The highest BCUT2D eigenvalue weighted by atomic mass is 32.1. The van der Waals surface area contributed by atoms with Gasteiger partial charge in [-0.05, 0) is 35.9 Å². The van der Waals surface area contributed by atoms with Gasteiger partial charge in [0.1, 0.15) is 0 Å². The van der Waals surface area contributed by atoms with Crippen LogP contribution in [0.1, 0.15) is 6.92 Å². The van der Waals surface area contributed by atoms with Crippen molar-refractivity contribution < 1.29 is 4.74 Å². The van der Waals surface area contributed by atoms with Crippen LogP contribution in [0.5, 0.6) is 0 Å². The number of fused-ring (bicyclic) bond motifs is 1. The normalized spacial score (nSPS) is 11.2. The number of ether oxygens (including phenoxy) is 1. The Morgan fingerprint density at radius 2 is 2.36 bits per heavy atom. The zero-order valence-corrected chi connectivity index (χ0v) is 8.75. The van der Waals surface area contributed by atoms with Crippen molar-refractivity contribution in [3.8, 4) is 0 Å². The summed E-state index contributed by atoms with van der Waals surface area (Å²) in [6.07, 6.45) is 1.49. The minimum Gasteiger partial charge on any atom is -0.483 e. The molecule has 1 aromatic heterocycles. The molecular weight excluding hydrogens is 194 g/mol. The van der Waals surface area contributed by atoms with E-state index in [1.165, 1.54) is 16.5 Å². The number of hydrogen-bond acceptors (Lipinski definition) is 3.